The van der Waals surface area contributed by atoms with E-state index in [0.717, 1.165) is 30.8 Å². The van der Waals surface area contributed by atoms with Crippen molar-refractivity contribution in [1.82, 2.24) is 9.97 Å². The normalized spacial score (nSPS) is 19.6. The minimum Gasteiger partial charge on any atom is -0.340 e. The predicted molar refractivity (Wildman–Crippen MR) is 101 cm³/mol. The zero-order chi connectivity index (χ0) is 17.0. The minimum atomic E-state index is -0.268. The number of hydrogen-bond donors (Lipinski definition) is 1. The maximum atomic E-state index is 11.5. The molecule has 3 heterocycles. The summed E-state index contributed by atoms with van der Waals surface area (Å²) in [6.07, 6.45) is 7.04. The van der Waals surface area contributed by atoms with Gasteiger partial charge in [-0.2, -0.15) is 0 Å². The van der Waals surface area contributed by atoms with Gasteiger partial charge in [0.2, 0.25) is 5.12 Å². The van der Waals surface area contributed by atoms with Crippen LogP contribution in [0.1, 0.15) is 71.5 Å². The highest BCUT2D eigenvalue weighted by molar-refractivity contribution is 7.97. The molecule has 5 heteroatoms. The number of aryl methyl sites for hydroxylation is 1. The predicted octanol–water partition coefficient (Wildman–Crippen LogP) is 4.39. The Bertz CT molecular complexity index is 828. The van der Waals surface area contributed by atoms with Crippen molar-refractivity contribution in [2.75, 3.05) is 11.4 Å². The highest BCUT2D eigenvalue weighted by Crippen LogP contribution is 2.45. The van der Waals surface area contributed by atoms with Crippen molar-refractivity contribution in [1.29, 1.82) is 0 Å². The second kappa shape index (κ2) is 5.84. The maximum Gasteiger partial charge on any atom is 0.234 e. The zero-order valence-corrected chi connectivity index (χ0v) is 15.0. The van der Waals surface area contributed by atoms with E-state index in [1.807, 2.05) is 6.07 Å². The van der Waals surface area contributed by atoms with Crippen LogP contribution in [0.2, 0.25) is 0 Å². The van der Waals surface area contributed by atoms with Crippen molar-refractivity contribution >= 4 is 29.1 Å². The fourth-order valence-electron chi connectivity index (χ4n) is 3.73. The third kappa shape index (κ3) is 2.95. The average molecular weight is 351 g/mol. The molecule has 0 spiro atoms. The van der Waals surface area contributed by atoms with Gasteiger partial charge in [0.25, 0.3) is 0 Å². The molecule has 2 fully saturated rings. The number of aromatic nitrogens is 2. The molecule has 2 saturated carbocycles. The zero-order valence-electron chi connectivity index (χ0n) is 14.1. The fourth-order valence-corrected chi connectivity index (χ4v) is 3.85. The fraction of sp³-hybridized carbons (Fsp3) is 0.450. The number of nitrogens with zero attached hydrogens (tertiary/aromatic N) is 3. The van der Waals surface area contributed by atoms with E-state index in [1.165, 1.54) is 42.8 Å². The molecular weight excluding hydrogens is 330 g/mol. The summed E-state index contributed by atoms with van der Waals surface area (Å²) >= 11 is 3.91. The third-order valence-corrected chi connectivity index (χ3v) is 5.64. The topological polar surface area (TPSA) is 46.1 Å². The highest BCUT2D eigenvalue weighted by atomic mass is 32.1. The van der Waals surface area contributed by atoms with Gasteiger partial charge in [-0.3, -0.25) is 9.78 Å². The lowest BCUT2D eigenvalue weighted by Crippen LogP contribution is -2.26. The maximum absolute atomic E-state index is 11.5. The van der Waals surface area contributed by atoms with Crippen molar-refractivity contribution in [3.8, 4) is 0 Å². The molecule has 3 aliphatic rings. The molecule has 5 rings (SSSR count). The Morgan fingerprint density at radius 2 is 1.72 bits per heavy atom. The quantitative estimate of drug-likeness (QED) is 0.830. The lowest BCUT2D eigenvalue weighted by atomic mass is 10.0. The molecule has 1 aliphatic heterocycles. The molecule has 0 saturated heterocycles. The SMILES string of the molecule is O=C(S)c1ccc2c(n1)CCCN2c1cc(C2CC2)nc(C2CC2)c1. The molecule has 0 bridgehead atoms. The Morgan fingerprint density at radius 1 is 1.04 bits per heavy atom. The summed E-state index contributed by atoms with van der Waals surface area (Å²) in [5.74, 6) is 1.31. The van der Waals surface area contributed by atoms with Gasteiger partial charge < -0.3 is 4.90 Å². The summed E-state index contributed by atoms with van der Waals surface area (Å²) in [6.45, 7) is 0.987. The van der Waals surface area contributed by atoms with Gasteiger partial charge in [-0.1, -0.05) is 12.6 Å². The summed E-state index contributed by atoms with van der Waals surface area (Å²) in [7, 11) is 0. The van der Waals surface area contributed by atoms with E-state index in [-0.39, 0.29) is 5.12 Å². The summed E-state index contributed by atoms with van der Waals surface area (Å²) in [5.41, 5.74) is 6.34. The first kappa shape index (κ1) is 15.4. The van der Waals surface area contributed by atoms with Crippen LogP contribution in [-0.4, -0.2) is 21.6 Å². The Labute approximate surface area is 153 Å². The van der Waals surface area contributed by atoms with Crippen LogP contribution < -0.4 is 4.90 Å². The Balaban J connectivity index is 1.57. The van der Waals surface area contributed by atoms with Crippen molar-refractivity contribution in [2.45, 2.75) is 50.4 Å². The van der Waals surface area contributed by atoms with Crippen molar-refractivity contribution in [2.24, 2.45) is 0 Å². The molecule has 0 atom stereocenters. The number of thiol groups is 1. The number of pyridine rings is 2. The van der Waals surface area contributed by atoms with Crippen LogP contribution in [0.4, 0.5) is 11.4 Å². The lowest BCUT2D eigenvalue weighted by Gasteiger charge is -2.31. The lowest BCUT2D eigenvalue weighted by molar-refractivity contribution is 0.108. The number of anilines is 2. The molecule has 0 N–H and O–H groups in total. The minimum absolute atomic E-state index is 0.268. The van der Waals surface area contributed by atoms with Crippen LogP contribution >= 0.6 is 12.6 Å². The Morgan fingerprint density at radius 3 is 2.32 bits per heavy atom. The summed E-state index contributed by atoms with van der Waals surface area (Å²) in [5, 5.41) is -0.268. The first-order valence-electron chi connectivity index (χ1n) is 9.21. The van der Waals surface area contributed by atoms with Crippen LogP contribution in [0.25, 0.3) is 0 Å². The Kier molecular flexibility index (Phi) is 3.59. The second-order valence-electron chi connectivity index (χ2n) is 7.45. The van der Waals surface area contributed by atoms with Gasteiger partial charge in [0, 0.05) is 35.5 Å². The molecular formula is C20H21N3OS. The van der Waals surface area contributed by atoms with Gasteiger partial charge in [-0.05, 0) is 62.8 Å². The van der Waals surface area contributed by atoms with E-state index in [1.54, 1.807) is 6.07 Å². The average Bonchev–Trinajstić information content (AvgIpc) is 3.52. The molecule has 0 aromatic carbocycles. The monoisotopic (exact) mass is 351 g/mol. The van der Waals surface area contributed by atoms with E-state index in [0.29, 0.717) is 17.5 Å². The molecule has 0 unspecified atom stereocenters. The van der Waals surface area contributed by atoms with E-state index in [4.69, 9.17) is 4.98 Å². The van der Waals surface area contributed by atoms with Crippen LogP contribution in [0.15, 0.2) is 24.3 Å². The third-order valence-electron chi connectivity index (χ3n) is 5.41. The van der Waals surface area contributed by atoms with Gasteiger partial charge in [0.05, 0.1) is 11.4 Å². The van der Waals surface area contributed by atoms with E-state index < -0.39 is 0 Å². The highest BCUT2D eigenvalue weighted by Gasteiger charge is 2.31. The van der Waals surface area contributed by atoms with Crippen molar-refractivity contribution < 1.29 is 4.79 Å². The Hall–Kier alpha value is -1.88. The molecule has 128 valence electrons. The number of fused-ring (bicyclic) bond motifs is 1. The molecule has 0 radical (unpaired) electrons. The standard InChI is InChI=1S/C20H21N3OS/c24-20(25)16-7-8-19-15(21-16)2-1-9-23(19)14-10-17(12-3-4-12)22-18(11-14)13-5-6-13/h7-8,10-13H,1-6,9H2,(H,24,25). The summed E-state index contributed by atoms with van der Waals surface area (Å²) in [4.78, 5) is 23.4. The summed E-state index contributed by atoms with van der Waals surface area (Å²) < 4.78 is 0. The summed E-state index contributed by atoms with van der Waals surface area (Å²) in [6, 6.07) is 8.36. The molecule has 2 aromatic rings. The molecule has 2 aromatic heterocycles. The molecule has 4 nitrogen and oxygen atoms in total. The number of hydrogen-bond acceptors (Lipinski definition) is 4. The number of carbonyl (C=O) groups is 1. The van der Waals surface area contributed by atoms with Gasteiger partial charge in [0.1, 0.15) is 5.69 Å². The number of rotatable bonds is 4. The smallest absolute Gasteiger partial charge is 0.234 e. The van der Waals surface area contributed by atoms with E-state index >= 15 is 0 Å². The van der Waals surface area contributed by atoms with Crippen LogP contribution in [0.5, 0.6) is 0 Å². The molecule has 25 heavy (non-hydrogen) atoms. The van der Waals surface area contributed by atoms with Gasteiger partial charge in [0.15, 0.2) is 0 Å². The first-order chi connectivity index (χ1) is 12.2. The number of carbonyl (C=O) groups excluding carboxylic acids is 1. The van der Waals surface area contributed by atoms with Gasteiger partial charge in [-0.25, -0.2) is 4.98 Å². The molecule has 2 aliphatic carbocycles. The van der Waals surface area contributed by atoms with Crippen molar-refractivity contribution in [3.05, 3.63) is 47.0 Å². The van der Waals surface area contributed by atoms with E-state index in [9.17, 15) is 4.79 Å². The first-order valence-corrected chi connectivity index (χ1v) is 9.66. The van der Waals surface area contributed by atoms with E-state index in [2.05, 4.69) is 34.6 Å². The van der Waals surface area contributed by atoms with Crippen LogP contribution in [-0.2, 0) is 6.42 Å². The molecule has 0 amide bonds. The second-order valence-corrected chi connectivity index (χ2v) is 7.85. The van der Waals surface area contributed by atoms with Crippen LogP contribution in [0, 0.1) is 0 Å². The van der Waals surface area contributed by atoms with Gasteiger partial charge >= 0.3 is 0 Å². The largest absolute Gasteiger partial charge is 0.340 e. The van der Waals surface area contributed by atoms with Crippen molar-refractivity contribution in [3.63, 3.8) is 0 Å². The van der Waals surface area contributed by atoms with Crippen LogP contribution in [0.3, 0.4) is 0 Å². The van der Waals surface area contributed by atoms with Gasteiger partial charge in [-0.15, -0.1) is 0 Å².